The van der Waals surface area contributed by atoms with Gasteiger partial charge in [0.25, 0.3) is 0 Å². The third kappa shape index (κ3) is 1.71. The van der Waals surface area contributed by atoms with E-state index in [0.717, 1.165) is 33.1 Å². The maximum atomic E-state index is 11.1. The molecule has 0 radical (unpaired) electrons. The number of anilines is 1. The molecule has 2 rings (SSSR count). The molecular formula is C13H15NO3S. The highest BCUT2D eigenvalue weighted by atomic mass is 32.1. The van der Waals surface area contributed by atoms with Gasteiger partial charge in [0.1, 0.15) is 16.4 Å². The summed E-state index contributed by atoms with van der Waals surface area (Å²) in [5, 5.41) is 9.10. The Bertz CT molecular complexity index is 637. The van der Waals surface area contributed by atoms with Crippen LogP contribution in [0.2, 0.25) is 0 Å². The van der Waals surface area contributed by atoms with Crippen molar-refractivity contribution < 1.29 is 14.3 Å². The lowest BCUT2D eigenvalue weighted by Crippen LogP contribution is -1.97. The highest BCUT2D eigenvalue weighted by Gasteiger charge is 2.23. The Morgan fingerprint density at radius 2 is 1.78 bits per heavy atom. The first-order chi connectivity index (χ1) is 8.34. The van der Waals surface area contributed by atoms with Gasteiger partial charge in [0, 0.05) is 10.4 Å². The van der Waals surface area contributed by atoms with Crippen LogP contribution in [0.5, 0.6) is 0 Å². The van der Waals surface area contributed by atoms with Crippen LogP contribution in [-0.4, -0.2) is 11.1 Å². The van der Waals surface area contributed by atoms with E-state index < -0.39 is 5.97 Å². The first-order valence-corrected chi connectivity index (χ1v) is 6.35. The van der Waals surface area contributed by atoms with Crippen LogP contribution in [0.1, 0.15) is 32.3 Å². The lowest BCUT2D eigenvalue weighted by atomic mass is 10.1. The Labute approximate surface area is 109 Å². The summed E-state index contributed by atoms with van der Waals surface area (Å²) in [4.78, 5) is 12.2. The molecule has 2 aromatic rings. The lowest BCUT2D eigenvalue weighted by molar-refractivity contribution is 0.0703. The molecule has 4 nitrogen and oxygen atoms in total. The molecule has 0 aliphatic rings. The van der Waals surface area contributed by atoms with Crippen LogP contribution in [-0.2, 0) is 0 Å². The highest BCUT2D eigenvalue weighted by Crippen LogP contribution is 2.42. The third-order valence-electron chi connectivity index (χ3n) is 3.18. The number of carbonyl (C=O) groups is 1. The summed E-state index contributed by atoms with van der Waals surface area (Å²) >= 11 is 1.20. The Balaban J connectivity index is 2.72. The van der Waals surface area contributed by atoms with Crippen LogP contribution in [0, 0.1) is 27.7 Å². The molecule has 0 fully saturated rings. The van der Waals surface area contributed by atoms with Gasteiger partial charge in [-0.2, -0.15) is 0 Å². The standard InChI is InChI=1S/C13H15NO3S/c1-5-7(3)17-8(4)9(5)11-6(2)10(14)12(18-11)13(15)16/h14H2,1-4H3,(H,15,16). The zero-order valence-electron chi connectivity index (χ0n) is 10.7. The quantitative estimate of drug-likeness (QED) is 0.871. The number of furan rings is 1. The molecule has 2 heterocycles. The molecule has 18 heavy (non-hydrogen) atoms. The molecule has 0 spiro atoms. The SMILES string of the molecule is Cc1oc(C)c(-c2sc(C(=O)O)c(N)c2C)c1C. The molecule has 0 atom stereocenters. The second-order valence-corrected chi connectivity index (χ2v) is 5.34. The van der Waals surface area contributed by atoms with Crippen molar-refractivity contribution in [1.82, 2.24) is 0 Å². The molecule has 0 aliphatic carbocycles. The number of nitrogens with two attached hydrogens (primary N) is 1. The van der Waals surface area contributed by atoms with Crippen molar-refractivity contribution in [2.45, 2.75) is 27.7 Å². The first-order valence-electron chi connectivity index (χ1n) is 5.53. The largest absolute Gasteiger partial charge is 0.477 e. The van der Waals surface area contributed by atoms with E-state index in [4.69, 9.17) is 15.3 Å². The van der Waals surface area contributed by atoms with Crippen molar-refractivity contribution in [3.63, 3.8) is 0 Å². The maximum Gasteiger partial charge on any atom is 0.348 e. The van der Waals surface area contributed by atoms with E-state index >= 15 is 0 Å². The fourth-order valence-corrected chi connectivity index (χ4v) is 3.27. The van der Waals surface area contributed by atoms with E-state index in [-0.39, 0.29) is 4.88 Å². The Hall–Kier alpha value is -1.75. The number of rotatable bonds is 2. The molecule has 5 heteroatoms. The second kappa shape index (κ2) is 4.17. The van der Waals surface area contributed by atoms with Gasteiger partial charge in [-0.25, -0.2) is 4.79 Å². The number of nitrogen functional groups attached to an aromatic ring is 1. The number of carboxylic acid groups (broad SMARTS) is 1. The third-order valence-corrected chi connectivity index (χ3v) is 4.49. The Morgan fingerprint density at radius 1 is 1.17 bits per heavy atom. The molecule has 0 saturated carbocycles. The van der Waals surface area contributed by atoms with Gasteiger partial charge < -0.3 is 15.3 Å². The fraction of sp³-hybridized carbons (Fsp3) is 0.308. The summed E-state index contributed by atoms with van der Waals surface area (Å²) in [7, 11) is 0. The highest BCUT2D eigenvalue weighted by molar-refractivity contribution is 7.18. The molecule has 0 aromatic carbocycles. The number of aromatic carboxylic acids is 1. The topological polar surface area (TPSA) is 76.5 Å². The Kier molecular flexibility index (Phi) is 2.94. The average molecular weight is 265 g/mol. The van der Waals surface area contributed by atoms with Crippen molar-refractivity contribution in [3.8, 4) is 10.4 Å². The molecule has 2 aromatic heterocycles. The molecule has 0 bridgehead atoms. The van der Waals surface area contributed by atoms with Crippen molar-refractivity contribution >= 4 is 23.0 Å². The summed E-state index contributed by atoms with van der Waals surface area (Å²) < 4.78 is 5.58. The van der Waals surface area contributed by atoms with Gasteiger partial charge in [-0.3, -0.25) is 0 Å². The maximum absolute atomic E-state index is 11.1. The van der Waals surface area contributed by atoms with Crippen molar-refractivity contribution in [2.75, 3.05) is 5.73 Å². The van der Waals surface area contributed by atoms with Crippen molar-refractivity contribution in [3.05, 3.63) is 27.5 Å². The fourth-order valence-electron chi connectivity index (χ4n) is 2.05. The van der Waals surface area contributed by atoms with Gasteiger partial charge in [-0.1, -0.05) is 0 Å². The van der Waals surface area contributed by atoms with Gasteiger partial charge in [-0.15, -0.1) is 11.3 Å². The van der Waals surface area contributed by atoms with Gasteiger partial charge in [0.05, 0.1) is 5.69 Å². The minimum absolute atomic E-state index is 0.195. The average Bonchev–Trinajstić information content (AvgIpc) is 2.69. The zero-order valence-corrected chi connectivity index (χ0v) is 11.6. The van der Waals surface area contributed by atoms with Crippen molar-refractivity contribution in [1.29, 1.82) is 0 Å². The molecule has 0 aliphatic heterocycles. The number of hydrogen-bond acceptors (Lipinski definition) is 4. The summed E-state index contributed by atoms with van der Waals surface area (Å²) in [6.45, 7) is 7.59. The van der Waals surface area contributed by atoms with Crippen molar-refractivity contribution in [2.24, 2.45) is 0 Å². The normalized spacial score (nSPS) is 10.9. The van der Waals surface area contributed by atoms with Gasteiger partial charge >= 0.3 is 5.97 Å². The molecule has 3 N–H and O–H groups in total. The van der Waals surface area contributed by atoms with Gasteiger partial charge in [0.15, 0.2) is 0 Å². The van der Waals surface area contributed by atoms with Gasteiger partial charge in [0.2, 0.25) is 0 Å². The smallest absolute Gasteiger partial charge is 0.348 e. The minimum Gasteiger partial charge on any atom is -0.477 e. The van der Waals surface area contributed by atoms with Crippen LogP contribution < -0.4 is 5.73 Å². The number of aryl methyl sites for hydroxylation is 2. The number of hydrogen-bond donors (Lipinski definition) is 2. The molecule has 0 amide bonds. The second-order valence-electron chi connectivity index (χ2n) is 4.32. The van der Waals surface area contributed by atoms with E-state index in [1.54, 1.807) is 0 Å². The van der Waals surface area contributed by atoms with E-state index in [0.29, 0.717) is 5.69 Å². The molecule has 0 saturated heterocycles. The summed E-state index contributed by atoms with van der Waals surface area (Å²) in [5.74, 6) is 0.666. The predicted molar refractivity (Wildman–Crippen MR) is 72.3 cm³/mol. The van der Waals surface area contributed by atoms with Crippen LogP contribution in [0.15, 0.2) is 4.42 Å². The van der Waals surface area contributed by atoms with E-state index in [1.165, 1.54) is 11.3 Å². The molecular weight excluding hydrogens is 250 g/mol. The molecule has 96 valence electrons. The number of carboxylic acids is 1. The predicted octanol–water partition coefficient (Wildman–Crippen LogP) is 3.52. The van der Waals surface area contributed by atoms with E-state index in [1.807, 2.05) is 27.7 Å². The summed E-state index contributed by atoms with van der Waals surface area (Å²) in [6, 6.07) is 0. The van der Waals surface area contributed by atoms with Crippen LogP contribution in [0.25, 0.3) is 10.4 Å². The Morgan fingerprint density at radius 3 is 2.17 bits per heavy atom. The van der Waals surface area contributed by atoms with Crippen LogP contribution in [0.3, 0.4) is 0 Å². The lowest BCUT2D eigenvalue weighted by Gasteiger charge is -2.00. The zero-order chi connectivity index (χ0) is 13.6. The van der Waals surface area contributed by atoms with E-state index in [9.17, 15) is 4.79 Å². The summed E-state index contributed by atoms with van der Waals surface area (Å²) in [6.07, 6.45) is 0. The minimum atomic E-state index is -0.984. The van der Waals surface area contributed by atoms with E-state index in [2.05, 4.69) is 0 Å². The first kappa shape index (κ1) is 12.7. The van der Waals surface area contributed by atoms with Gasteiger partial charge in [-0.05, 0) is 38.8 Å². The molecule has 0 unspecified atom stereocenters. The van der Waals surface area contributed by atoms with Crippen LogP contribution in [0.4, 0.5) is 5.69 Å². The summed E-state index contributed by atoms with van der Waals surface area (Å²) in [5.41, 5.74) is 9.01. The van der Waals surface area contributed by atoms with Crippen LogP contribution >= 0.6 is 11.3 Å². The monoisotopic (exact) mass is 265 g/mol. The number of thiophene rings is 1.